The summed E-state index contributed by atoms with van der Waals surface area (Å²) < 4.78 is 11.4. The summed E-state index contributed by atoms with van der Waals surface area (Å²) in [7, 11) is 0. The van der Waals surface area contributed by atoms with E-state index in [-0.39, 0.29) is 6.09 Å². The maximum Gasteiger partial charge on any atom is 0.410 e. The van der Waals surface area contributed by atoms with Gasteiger partial charge in [-0.3, -0.25) is 0 Å². The van der Waals surface area contributed by atoms with Gasteiger partial charge in [-0.1, -0.05) is 35.3 Å². The second kappa shape index (κ2) is 10.1. The van der Waals surface area contributed by atoms with Crippen molar-refractivity contribution in [2.75, 3.05) is 31.1 Å². The Morgan fingerprint density at radius 1 is 0.882 bits per heavy atom. The Labute approximate surface area is 209 Å². The van der Waals surface area contributed by atoms with E-state index in [1.807, 2.05) is 62.1 Å². The highest BCUT2D eigenvalue weighted by Crippen LogP contribution is 2.31. The first-order valence-corrected chi connectivity index (χ1v) is 11.7. The number of rotatable bonds is 4. The Bertz CT molecular complexity index is 1140. The highest BCUT2D eigenvalue weighted by molar-refractivity contribution is 6.35. The van der Waals surface area contributed by atoms with Gasteiger partial charge in [-0.05, 0) is 62.2 Å². The average molecular weight is 501 g/mol. The molecule has 0 N–H and O–H groups in total. The van der Waals surface area contributed by atoms with Gasteiger partial charge in [-0.25, -0.2) is 14.8 Å². The summed E-state index contributed by atoms with van der Waals surface area (Å²) in [6, 6.07) is 13.0. The van der Waals surface area contributed by atoms with Gasteiger partial charge in [-0.15, -0.1) is 0 Å². The van der Waals surface area contributed by atoms with Crippen LogP contribution in [0.15, 0.2) is 54.9 Å². The zero-order valence-corrected chi connectivity index (χ0v) is 20.8. The van der Waals surface area contributed by atoms with Crippen molar-refractivity contribution in [3.8, 4) is 22.6 Å². The molecule has 1 fully saturated rings. The number of amides is 1. The molecule has 7 nitrogen and oxygen atoms in total. The van der Waals surface area contributed by atoms with Crippen LogP contribution in [0.3, 0.4) is 0 Å². The molecule has 3 aromatic rings. The lowest BCUT2D eigenvalue weighted by Crippen LogP contribution is -2.50. The lowest BCUT2D eigenvalue weighted by molar-refractivity contribution is 0.0240. The van der Waals surface area contributed by atoms with Gasteiger partial charge in [-0.2, -0.15) is 0 Å². The maximum atomic E-state index is 12.2. The molecule has 0 saturated carbocycles. The molecule has 2 heterocycles. The number of hydrogen-bond donors (Lipinski definition) is 0. The van der Waals surface area contributed by atoms with Crippen molar-refractivity contribution in [3.05, 3.63) is 64.9 Å². The van der Waals surface area contributed by atoms with Crippen LogP contribution in [0, 0.1) is 0 Å². The predicted molar refractivity (Wildman–Crippen MR) is 134 cm³/mol. The molecule has 0 unspecified atom stereocenters. The van der Waals surface area contributed by atoms with Crippen LogP contribution in [-0.4, -0.2) is 52.7 Å². The van der Waals surface area contributed by atoms with E-state index < -0.39 is 5.60 Å². The second-order valence-corrected chi connectivity index (χ2v) is 9.83. The van der Waals surface area contributed by atoms with Crippen molar-refractivity contribution in [3.63, 3.8) is 0 Å². The molecule has 0 aliphatic carbocycles. The molecule has 4 rings (SSSR count). The van der Waals surface area contributed by atoms with E-state index in [0.29, 0.717) is 53.7 Å². The summed E-state index contributed by atoms with van der Waals surface area (Å²) >= 11 is 12.3. The molecule has 0 spiro atoms. The van der Waals surface area contributed by atoms with Crippen LogP contribution in [0.5, 0.6) is 11.5 Å². The summed E-state index contributed by atoms with van der Waals surface area (Å²) in [6.07, 6.45) is 3.00. The third kappa shape index (κ3) is 6.30. The fourth-order valence-corrected chi connectivity index (χ4v) is 4.06. The fourth-order valence-electron chi connectivity index (χ4n) is 3.54. The van der Waals surface area contributed by atoms with Crippen LogP contribution >= 0.6 is 23.2 Å². The van der Waals surface area contributed by atoms with E-state index in [0.717, 1.165) is 11.1 Å². The first-order valence-electron chi connectivity index (χ1n) is 11.0. The van der Waals surface area contributed by atoms with Gasteiger partial charge in [0, 0.05) is 36.2 Å². The van der Waals surface area contributed by atoms with Crippen LogP contribution in [0.1, 0.15) is 20.8 Å². The topological polar surface area (TPSA) is 67.8 Å². The fraction of sp³-hybridized carbons (Fsp3) is 0.320. The Hall–Kier alpha value is -3.03. The SMILES string of the molecule is CC(C)(C)OC(=O)N1CCN(c2ncc(Oc3cccc(-c4cc(Cl)cc(Cl)c4)c3)cn2)CC1. The number of piperazine rings is 1. The van der Waals surface area contributed by atoms with Crippen molar-refractivity contribution in [1.82, 2.24) is 14.9 Å². The largest absolute Gasteiger partial charge is 0.454 e. The van der Waals surface area contributed by atoms with Crippen LogP contribution in [0.2, 0.25) is 10.0 Å². The average Bonchev–Trinajstić information content (AvgIpc) is 2.78. The van der Waals surface area contributed by atoms with Gasteiger partial charge in [0.15, 0.2) is 5.75 Å². The number of anilines is 1. The molecular weight excluding hydrogens is 475 g/mol. The Kier molecular flexibility index (Phi) is 7.14. The lowest BCUT2D eigenvalue weighted by Gasteiger charge is -2.35. The van der Waals surface area contributed by atoms with E-state index in [2.05, 4.69) is 9.97 Å². The number of ether oxygens (including phenoxy) is 2. The number of hydrogen-bond acceptors (Lipinski definition) is 6. The third-order valence-corrected chi connectivity index (χ3v) is 5.53. The van der Waals surface area contributed by atoms with Gasteiger partial charge >= 0.3 is 6.09 Å². The summed E-state index contributed by atoms with van der Waals surface area (Å²) in [5, 5.41) is 1.15. The molecule has 178 valence electrons. The number of carbonyl (C=O) groups excluding carboxylic acids is 1. The van der Waals surface area contributed by atoms with Gasteiger partial charge < -0.3 is 19.3 Å². The van der Waals surface area contributed by atoms with E-state index in [9.17, 15) is 4.79 Å². The van der Waals surface area contributed by atoms with Gasteiger partial charge in [0.25, 0.3) is 0 Å². The molecule has 9 heteroatoms. The Balaban J connectivity index is 1.37. The van der Waals surface area contributed by atoms with Crippen molar-refractivity contribution in [2.45, 2.75) is 26.4 Å². The highest BCUT2D eigenvalue weighted by Gasteiger charge is 2.26. The van der Waals surface area contributed by atoms with Crippen LogP contribution in [-0.2, 0) is 4.74 Å². The van der Waals surface area contributed by atoms with Crippen molar-refractivity contribution in [2.24, 2.45) is 0 Å². The van der Waals surface area contributed by atoms with Gasteiger partial charge in [0.1, 0.15) is 11.4 Å². The van der Waals surface area contributed by atoms with Crippen molar-refractivity contribution in [1.29, 1.82) is 0 Å². The summed E-state index contributed by atoms with van der Waals surface area (Å²) in [5.74, 6) is 1.77. The molecule has 34 heavy (non-hydrogen) atoms. The lowest BCUT2D eigenvalue weighted by atomic mass is 10.1. The number of carbonyl (C=O) groups is 1. The summed E-state index contributed by atoms with van der Waals surface area (Å²) in [5.41, 5.74) is 1.33. The maximum absolute atomic E-state index is 12.2. The van der Waals surface area contributed by atoms with E-state index >= 15 is 0 Å². The molecule has 1 saturated heterocycles. The van der Waals surface area contributed by atoms with Crippen LogP contribution in [0.25, 0.3) is 11.1 Å². The van der Waals surface area contributed by atoms with Crippen LogP contribution < -0.4 is 9.64 Å². The van der Waals surface area contributed by atoms with E-state index in [4.69, 9.17) is 32.7 Å². The van der Waals surface area contributed by atoms with Crippen LogP contribution in [0.4, 0.5) is 10.7 Å². The first-order chi connectivity index (χ1) is 16.2. The minimum atomic E-state index is -0.506. The molecular formula is C25H26Cl2N4O3. The zero-order chi connectivity index (χ0) is 24.3. The molecule has 0 atom stereocenters. The molecule has 0 bridgehead atoms. The number of aromatic nitrogens is 2. The zero-order valence-electron chi connectivity index (χ0n) is 19.3. The molecule has 1 aromatic heterocycles. The minimum Gasteiger partial charge on any atom is -0.454 e. The number of halogens is 2. The summed E-state index contributed by atoms with van der Waals surface area (Å²) in [6.45, 7) is 7.95. The first kappa shape index (κ1) is 24.1. The summed E-state index contributed by atoms with van der Waals surface area (Å²) in [4.78, 5) is 24.9. The second-order valence-electron chi connectivity index (χ2n) is 8.96. The monoisotopic (exact) mass is 500 g/mol. The van der Waals surface area contributed by atoms with E-state index in [1.165, 1.54) is 0 Å². The van der Waals surface area contributed by atoms with Gasteiger partial charge in [0.05, 0.1) is 12.4 Å². The molecule has 1 amide bonds. The molecule has 1 aliphatic rings. The molecule has 0 radical (unpaired) electrons. The standard InChI is InChI=1S/C25H26Cl2N4O3/c1-25(2,3)34-24(32)31-9-7-30(8-10-31)23-28-15-22(16-29-23)33-21-6-4-5-17(13-21)18-11-19(26)14-20(27)12-18/h4-6,11-16H,7-10H2,1-3H3. The number of benzene rings is 2. The minimum absolute atomic E-state index is 0.293. The highest BCUT2D eigenvalue weighted by atomic mass is 35.5. The van der Waals surface area contributed by atoms with Crippen molar-refractivity contribution < 1.29 is 14.3 Å². The normalized spacial score (nSPS) is 14.1. The van der Waals surface area contributed by atoms with Gasteiger partial charge in [0.2, 0.25) is 5.95 Å². The Morgan fingerprint density at radius 2 is 1.53 bits per heavy atom. The Morgan fingerprint density at radius 3 is 2.15 bits per heavy atom. The smallest absolute Gasteiger partial charge is 0.410 e. The number of nitrogens with zero attached hydrogens (tertiary/aromatic N) is 4. The van der Waals surface area contributed by atoms with E-state index in [1.54, 1.807) is 23.4 Å². The molecule has 1 aliphatic heterocycles. The third-order valence-electron chi connectivity index (χ3n) is 5.09. The van der Waals surface area contributed by atoms with Crippen molar-refractivity contribution >= 4 is 35.2 Å². The molecule has 2 aromatic carbocycles. The predicted octanol–water partition coefficient (Wildman–Crippen LogP) is 6.30. The quantitative estimate of drug-likeness (QED) is 0.418.